The maximum Gasteiger partial charge on any atom is 0.275 e. The Hall–Kier alpha value is -2.36. The van der Waals surface area contributed by atoms with Gasteiger partial charge in [-0.1, -0.05) is 30.3 Å². The van der Waals surface area contributed by atoms with Crippen LogP contribution in [0.2, 0.25) is 0 Å². The molecule has 0 unspecified atom stereocenters. The van der Waals surface area contributed by atoms with E-state index >= 15 is 0 Å². The van der Waals surface area contributed by atoms with Crippen LogP contribution < -0.4 is 5.56 Å². The molecule has 0 atom stereocenters. The molecule has 4 heteroatoms. The molecule has 0 aliphatic rings. The van der Waals surface area contributed by atoms with Gasteiger partial charge < -0.3 is 0 Å². The number of H-pyrrole nitrogens is 1. The van der Waals surface area contributed by atoms with E-state index in [9.17, 15) is 4.79 Å². The van der Waals surface area contributed by atoms with Crippen molar-refractivity contribution in [3.8, 4) is 11.3 Å². The highest BCUT2D eigenvalue weighted by Gasteiger charge is 2.14. The second-order valence-corrected chi connectivity index (χ2v) is 4.76. The van der Waals surface area contributed by atoms with E-state index in [0.29, 0.717) is 11.2 Å². The second-order valence-electron chi connectivity index (χ2n) is 4.76. The average Bonchev–Trinajstić information content (AvgIpc) is 2.75. The van der Waals surface area contributed by atoms with E-state index in [2.05, 4.69) is 10.1 Å². The third-order valence-electron chi connectivity index (χ3n) is 3.55. The average molecular weight is 253 g/mol. The van der Waals surface area contributed by atoms with Gasteiger partial charge in [0, 0.05) is 16.8 Å². The fourth-order valence-electron chi connectivity index (χ4n) is 2.26. The number of benzene rings is 1. The van der Waals surface area contributed by atoms with Crippen molar-refractivity contribution in [3.63, 3.8) is 0 Å². The summed E-state index contributed by atoms with van der Waals surface area (Å²) in [5.41, 5.74) is 5.12. The van der Waals surface area contributed by atoms with Crippen molar-refractivity contribution in [2.24, 2.45) is 0 Å². The van der Waals surface area contributed by atoms with Crippen LogP contribution in [0.4, 0.5) is 0 Å². The summed E-state index contributed by atoms with van der Waals surface area (Å²) in [6.07, 6.45) is 0. The Bertz CT molecular complexity index is 813. The lowest BCUT2D eigenvalue weighted by Crippen LogP contribution is -2.19. The fraction of sp³-hybridized carbons (Fsp3) is 0.200. The molecule has 0 bridgehead atoms. The van der Waals surface area contributed by atoms with Gasteiger partial charge in [-0.2, -0.15) is 0 Å². The largest absolute Gasteiger partial charge is 0.289 e. The predicted octanol–water partition coefficient (Wildman–Crippen LogP) is 2.61. The Kier molecular flexibility index (Phi) is 2.52. The van der Waals surface area contributed by atoms with E-state index in [4.69, 9.17) is 0 Å². The number of hydrogen-bond donors (Lipinski definition) is 1. The lowest BCUT2D eigenvalue weighted by molar-refractivity contribution is 0.876. The molecule has 2 aromatic heterocycles. The van der Waals surface area contributed by atoms with Crippen LogP contribution >= 0.6 is 0 Å². The molecule has 2 heterocycles. The van der Waals surface area contributed by atoms with Crippen LogP contribution in [0.15, 0.2) is 35.1 Å². The van der Waals surface area contributed by atoms with Gasteiger partial charge in [0.25, 0.3) is 5.56 Å². The molecule has 0 amide bonds. The Morgan fingerprint density at radius 2 is 1.74 bits per heavy atom. The van der Waals surface area contributed by atoms with Gasteiger partial charge in [-0.3, -0.25) is 9.89 Å². The number of aryl methyl sites for hydroxylation is 2. The van der Waals surface area contributed by atoms with Crippen molar-refractivity contribution in [3.05, 3.63) is 57.5 Å². The van der Waals surface area contributed by atoms with E-state index in [1.54, 1.807) is 6.92 Å². The van der Waals surface area contributed by atoms with E-state index in [1.165, 1.54) is 4.52 Å². The molecule has 19 heavy (non-hydrogen) atoms. The normalized spacial score (nSPS) is 11.1. The first kappa shape index (κ1) is 11.7. The molecule has 0 radical (unpaired) electrons. The summed E-state index contributed by atoms with van der Waals surface area (Å²) in [7, 11) is 0. The van der Waals surface area contributed by atoms with Crippen LogP contribution in [0, 0.1) is 20.8 Å². The zero-order valence-electron chi connectivity index (χ0n) is 11.2. The van der Waals surface area contributed by atoms with Crippen molar-refractivity contribution in [2.75, 3.05) is 0 Å². The minimum atomic E-state index is -0.0345. The SMILES string of the molecule is Cc1nc2c(C)c(-c3ccccc3)[nH]n2c(=O)c1C. The van der Waals surface area contributed by atoms with Crippen molar-refractivity contribution in [1.29, 1.82) is 0 Å². The maximum atomic E-state index is 12.2. The van der Waals surface area contributed by atoms with Gasteiger partial charge in [-0.25, -0.2) is 9.50 Å². The number of hydrogen-bond acceptors (Lipinski definition) is 2. The Balaban J connectivity index is 2.39. The minimum Gasteiger partial charge on any atom is -0.289 e. The predicted molar refractivity (Wildman–Crippen MR) is 75.5 cm³/mol. The Morgan fingerprint density at radius 1 is 1.05 bits per heavy atom. The molecule has 0 saturated carbocycles. The smallest absolute Gasteiger partial charge is 0.275 e. The van der Waals surface area contributed by atoms with Crippen LogP contribution in [-0.2, 0) is 0 Å². The molecule has 96 valence electrons. The van der Waals surface area contributed by atoms with Gasteiger partial charge in [-0.15, -0.1) is 0 Å². The summed E-state index contributed by atoms with van der Waals surface area (Å²) in [6.45, 7) is 5.65. The van der Waals surface area contributed by atoms with Crippen LogP contribution in [0.5, 0.6) is 0 Å². The molecule has 3 rings (SSSR count). The number of fused-ring (bicyclic) bond motifs is 1. The first-order valence-electron chi connectivity index (χ1n) is 6.23. The zero-order chi connectivity index (χ0) is 13.6. The van der Waals surface area contributed by atoms with Crippen LogP contribution in [-0.4, -0.2) is 14.6 Å². The summed E-state index contributed by atoms with van der Waals surface area (Å²) < 4.78 is 1.53. The lowest BCUT2D eigenvalue weighted by atomic mass is 10.1. The number of nitrogens with zero attached hydrogens (tertiary/aromatic N) is 2. The lowest BCUT2D eigenvalue weighted by Gasteiger charge is -1.99. The first-order valence-corrected chi connectivity index (χ1v) is 6.23. The number of nitrogens with one attached hydrogen (secondary N) is 1. The highest BCUT2D eigenvalue weighted by molar-refractivity contribution is 5.70. The monoisotopic (exact) mass is 253 g/mol. The van der Waals surface area contributed by atoms with E-state index in [1.807, 2.05) is 44.2 Å². The number of aromatic amines is 1. The molecular weight excluding hydrogens is 238 g/mol. The molecule has 1 aromatic carbocycles. The molecule has 0 saturated heterocycles. The number of rotatable bonds is 1. The summed E-state index contributed by atoms with van der Waals surface area (Å²) in [5, 5.41) is 3.16. The summed E-state index contributed by atoms with van der Waals surface area (Å²) >= 11 is 0. The third kappa shape index (κ3) is 1.68. The summed E-state index contributed by atoms with van der Waals surface area (Å²) in [6, 6.07) is 9.96. The molecule has 0 aliphatic carbocycles. The quantitative estimate of drug-likeness (QED) is 0.724. The molecule has 0 fully saturated rings. The zero-order valence-corrected chi connectivity index (χ0v) is 11.2. The third-order valence-corrected chi connectivity index (χ3v) is 3.55. The van der Waals surface area contributed by atoms with Gasteiger partial charge in [0.1, 0.15) is 0 Å². The second kappa shape index (κ2) is 4.09. The van der Waals surface area contributed by atoms with Gasteiger partial charge in [0.05, 0.1) is 5.69 Å². The molecule has 1 N–H and O–H groups in total. The van der Waals surface area contributed by atoms with Gasteiger partial charge in [-0.05, 0) is 26.3 Å². The van der Waals surface area contributed by atoms with Gasteiger partial charge in [0.15, 0.2) is 5.65 Å². The Morgan fingerprint density at radius 3 is 2.42 bits per heavy atom. The van der Waals surface area contributed by atoms with Crippen molar-refractivity contribution >= 4 is 5.65 Å². The standard InChI is InChI=1S/C15H15N3O/c1-9-11(3)16-14-10(2)13(17-18(14)15(9)19)12-7-5-4-6-8-12/h4-8,17H,1-3H3. The summed E-state index contributed by atoms with van der Waals surface area (Å²) in [4.78, 5) is 16.8. The van der Waals surface area contributed by atoms with Crippen LogP contribution in [0.25, 0.3) is 16.9 Å². The maximum absolute atomic E-state index is 12.2. The van der Waals surface area contributed by atoms with Crippen molar-refractivity contribution in [1.82, 2.24) is 14.6 Å². The first-order chi connectivity index (χ1) is 9.09. The van der Waals surface area contributed by atoms with Crippen molar-refractivity contribution in [2.45, 2.75) is 20.8 Å². The van der Waals surface area contributed by atoms with E-state index in [0.717, 1.165) is 22.5 Å². The van der Waals surface area contributed by atoms with Crippen LogP contribution in [0.1, 0.15) is 16.8 Å². The van der Waals surface area contributed by atoms with Gasteiger partial charge >= 0.3 is 0 Å². The highest BCUT2D eigenvalue weighted by atomic mass is 16.1. The molecule has 4 nitrogen and oxygen atoms in total. The summed E-state index contributed by atoms with van der Waals surface area (Å²) in [5.74, 6) is 0. The van der Waals surface area contributed by atoms with E-state index in [-0.39, 0.29) is 5.56 Å². The highest BCUT2D eigenvalue weighted by Crippen LogP contribution is 2.23. The van der Waals surface area contributed by atoms with Gasteiger partial charge in [0.2, 0.25) is 0 Å². The molecule has 3 aromatic rings. The van der Waals surface area contributed by atoms with Crippen molar-refractivity contribution < 1.29 is 0 Å². The number of aromatic nitrogens is 3. The van der Waals surface area contributed by atoms with E-state index < -0.39 is 0 Å². The fourth-order valence-corrected chi connectivity index (χ4v) is 2.26. The molecule has 0 aliphatic heterocycles. The Labute approximate surface area is 110 Å². The molecular formula is C15H15N3O. The minimum absolute atomic E-state index is 0.0345. The van der Waals surface area contributed by atoms with Crippen LogP contribution in [0.3, 0.4) is 0 Å². The topological polar surface area (TPSA) is 50.2 Å². The molecule has 0 spiro atoms.